The smallest absolute Gasteiger partial charge is 0.248 e. The fraction of sp³-hybridized carbons (Fsp3) is 0.400. The Bertz CT molecular complexity index is 850. The second-order valence-corrected chi connectivity index (χ2v) is 6.94. The first-order valence-electron chi connectivity index (χ1n) is 8.72. The molecular weight excluding hydrogens is 336 g/mol. The quantitative estimate of drug-likeness (QED) is 0.817. The van der Waals surface area contributed by atoms with Gasteiger partial charge in [-0.05, 0) is 47.2 Å². The Kier molecular flexibility index (Phi) is 5.08. The van der Waals surface area contributed by atoms with Gasteiger partial charge in [0.2, 0.25) is 11.8 Å². The van der Waals surface area contributed by atoms with E-state index in [1.807, 2.05) is 36.4 Å². The number of hydrogen-bond acceptors (Lipinski definition) is 3. The number of nitrogens with two attached hydrogens (primary N) is 1. The summed E-state index contributed by atoms with van der Waals surface area (Å²) in [4.78, 5) is 12.4. The van der Waals surface area contributed by atoms with Gasteiger partial charge in [-0.15, -0.1) is 0 Å². The fourth-order valence-corrected chi connectivity index (χ4v) is 3.51. The largest absolute Gasteiger partial charge is 0.398 e. The molecule has 0 spiro atoms. The summed E-state index contributed by atoms with van der Waals surface area (Å²) in [6.45, 7) is 0. The van der Waals surface area contributed by atoms with Gasteiger partial charge in [-0.1, -0.05) is 24.3 Å². The van der Waals surface area contributed by atoms with E-state index in [9.17, 15) is 18.8 Å². The van der Waals surface area contributed by atoms with E-state index in [2.05, 4.69) is 11.4 Å². The minimum atomic E-state index is -2.65. The highest BCUT2D eigenvalue weighted by Gasteiger charge is 2.38. The van der Waals surface area contributed by atoms with Crippen molar-refractivity contribution in [2.75, 3.05) is 5.73 Å². The van der Waals surface area contributed by atoms with Crippen molar-refractivity contribution in [2.24, 2.45) is 5.92 Å². The molecule has 2 aromatic carbocycles. The van der Waals surface area contributed by atoms with Crippen molar-refractivity contribution in [2.45, 2.75) is 44.1 Å². The highest BCUT2D eigenvalue weighted by Crippen LogP contribution is 2.37. The SMILES string of the molecule is N#C[C@@H](NC(=O)Cc1cc2ccccc2cc1N)C1CCC(F)(F)CC1. The highest BCUT2D eigenvalue weighted by molar-refractivity contribution is 5.89. The van der Waals surface area contributed by atoms with Crippen molar-refractivity contribution in [3.63, 3.8) is 0 Å². The average Bonchev–Trinajstić information content (AvgIpc) is 2.60. The molecule has 0 heterocycles. The number of fused-ring (bicyclic) bond motifs is 1. The Morgan fingerprint density at radius 2 is 1.88 bits per heavy atom. The first kappa shape index (κ1) is 18.1. The lowest BCUT2D eigenvalue weighted by Crippen LogP contribution is -2.42. The number of anilines is 1. The van der Waals surface area contributed by atoms with Crippen LogP contribution in [0.5, 0.6) is 0 Å². The Hall–Kier alpha value is -2.68. The second-order valence-electron chi connectivity index (χ2n) is 6.94. The summed E-state index contributed by atoms with van der Waals surface area (Å²) in [5.74, 6) is -3.21. The van der Waals surface area contributed by atoms with E-state index in [4.69, 9.17) is 5.73 Å². The van der Waals surface area contributed by atoms with Gasteiger partial charge in [0.15, 0.2) is 0 Å². The Balaban J connectivity index is 1.66. The minimum Gasteiger partial charge on any atom is -0.398 e. The molecule has 6 heteroatoms. The number of carbonyl (C=O) groups excluding carboxylic acids is 1. The van der Waals surface area contributed by atoms with Crippen LogP contribution >= 0.6 is 0 Å². The molecule has 1 amide bonds. The normalized spacial score (nSPS) is 18.2. The molecular formula is C20H21F2N3O. The molecule has 2 aromatic rings. The maximum atomic E-state index is 13.3. The van der Waals surface area contributed by atoms with Crippen LogP contribution in [0.2, 0.25) is 0 Å². The molecule has 136 valence electrons. The van der Waals surface area contributed by atoms with Gasteiger partial charge in [0, 0.05) is 18.5 Å². The Morgan fingerprint density at radius 3 is 2.50 bits per heavy atom. The lowest BCUT2D eigenvalue weighted by atomic mass is 9.82. The third-order valence-corrected chi connectivity index (χ3v) is 5.05. The number of nitrogen functional groups attached to an aromatic ring is 1. The number of benzene rings is 2. The number of amides is 1. The van der Waals surface area contributed by atoms with Crippen LogP contribution in [0.4, 0.5) is 14.5 Å². The van der Waals surface area contributed by atoms with E-state index >= 15 is 0 Å². The highest BCUT2D eigenvalue weighted by atomic mass is 19.3. The van der Waals surface area contributed by atoms with Crippen molar-refractivity contribution in [3.05, 3.63) is 42.0 Å². The lowest BCUT2D eigenvalue weighted by molar-refractivity contribution is -0.121. The van der Waals surface area contributed by atoms with Crippen LogP contribution in [0.15, 0.2) is 36.4 Å². The monoisotopic (exact) mass is 357 g/mol. The maximum Gasteiger partial charge on any atom is 0.248 e. The maximum absolute atomic E-state index is 13.3. The number of alkyl halides is 2. The van der Waals surface area contributed by atoms with Gasteiger partial charge in [0.25, 0.3) is 0 Å². The van der Waals surface area contributed by atoms with Crippen molar-refractivity contribution < 1.29 is 13.6 Å². The number of halogens is 2. The molecule has 1 fully saturated rings. The average molecular weight is 357 g/mol. The number of carbonyl (C=O) groups is 1. The Labute approximate surface area is 151 Å². The van der Waals surface area contributed by atoms with Gasteiger partial charge in [-0.3, -0.25) is 4.79 Å². The molecule has 26 heavy (non-hydrogen) atoms. The van der Waals surface area contributed by atoms with E-state index in [1.165, 1.54) is 0 Å². The van der Waals surface area contributed by atoms with Gasteiger partial charge in [-0.2, -0.15) is 5.26 Å². The van der Waals surface area contributed by atoms with Gasteiger partial charge < -0.3 is 11.1 Å². The number of nitriles is 1. The van der Waals surface area contributed by atoms with E-state index in [1.54, 1.807) is 0 Å². The van der Waals surface area contributed by atoms with E-state index in [0.717, 1.165) is 10.8 Å². The summed E-state index contributed by atoms with van der Waals surface area (Å²) >= 11 is 0. The predicted octanol–water partition coefficient (Wildman–Crippen LogP) is 3.80. The van der Waals surface area contributed by atoms with Crippen LogP contribution in [0.3, 0.4) is 0 Å². The van der Waals surface area contributed by atoms with Crippen molar-refractivity contribution >= 4 is 22.4 Å². The molecule has 3 rings (SSSR count). The first-order valence-corrected chi connectivity index (χ1v) is 8.72. The second kappa shape index (κ2) is 7.28. The van der Waals surface area contributed by atoms with E-state index < -0.39 is 12.0 Å². The molecule has 1 aliphatic rings. The number of hydrogen-bond donors (Lipinski definition) is 2. The molecule has 1 atom stereocenters. The van der Waals surface area contributed by atoms with Crippen LogP contribution in [-0.2, 0) is 11.2 Å². The molecule has 0 aromatic heterocycles. The van der Waals surface area contributed by atoms with Crippen LogP contribution in [0.25, 0.3) is 10.8 Å². The third kappa shape index (κ3) is 4.10. The minimum absolute atomic E-state index is 0.0533. The lowest BCUT2D eigenvalue weighted by Gasteiger charge is -2.31. The van der Waals surface area contributed by atoms with Crippen molar-refractivity contribution in [3.8, 4) is 6.07 Å². The Morgan fingerprint density at radius 1 is 1.27 bits per heavy atom. The van der Waals surface area contributed by atoms with Crippen LogP contribution in [0, 0.1) is 17.2 Å². The topological polar surface area (TPSA) is 78.9 Å². The zero-order valence-electron chi connectivity index (χ0n) is 14.3. The van der Waals surface area contributed by atoms with Crippen LogP contribution in [-0.4, -0.2) is 17.9 Å². The van der Waals surface area contributed by atoms with Gasteiger partial charge in [-0.25, -0.2) is 8.78 Å². The molecule has 1 saturated carbocycles. The van der Waals surface area contributed by atoms with E-state index in [-0.39, 0.29) is 43.9 Å². The fourth-order valence-electron chi connectivity index (χ4n) is 3.51. The summed E-state index contributed by atoms with van der Waals surface area (Å²) in [7, 11) is 0. The summed E-state index contributed by atoms with van der Waals surface area (Å²) in [5, 5.41) is 14.0. The van der Waals surface area contributed by atoms with Crippen molar-refractivity contribution in [1.29, 1.82) is 5.26 Å². The number of nitrogens with one attached hydrogen (secondary N) is 1. The summed E-state index contributed by atoms with van der Waals surface area (Å²) in [6, 6.07) is 12.7. The number of rotatable bonds is 4. The summed E-state index contributed by atoms with van der Waals surface area (Å²) in [6.07, 6.45) is 0.0671. The molecule has 4 nitrogen and oxygen atoms in total. The molecule has 1 aliphatic carbocycles. The molecule has 0 bridgehead atoms. The summed E-state index contributed by atoms with van der Waals surface area (Å²) in [5.41, 5.74) is 7.25. The van der Waals surface area contributed by atoms with E-state index in [0.29, 0.717) is 11.3 Å². The molecule has 3 N–H and O–H groups in total. The van der Waals surface area contributed by atoms with Crippen LogP contribution in [0.1, 0.15) is 31.2 Å². The van der Waals surface area contributed by atoms with Gasteiger partial charge in [0.1, 0.15) is 6.04 Å². The molecule has 0 radical (unpaired) electrons. The number of nitrogens with zero attached hydrogens (tertiary/aromatic N) is 1. The summed E-state index contributed by atoms with van der Waals surface area (Å²) < 4.78 is 26.6. The first-order chi connectivity index (χ1) is 12.4. The molecule has 0 saturated heterocycles. The third-order valence-electron chi connectivity index (χ3n) is 5.05. The van der Waals surface area contributed by atoms with Crippen molar-refractivity contribution in [1.82, 2.24) is 5.32 Å². The molecule has 0 unspecified atom stereocenters. The zero-order chi connectivity index (χ0) is 18.7. The molecule has 0 aliphatic heterocycles. The zero-order valence-corrected chi connectivity index (χ0v) is 14.3. The van der Waals surface area contributed by atoms with Gasteiger partial charge >= 0.3 is 0 Å². The standard InChI is InChI=1S/C20H21F2N3O/c21-20(22)7-5-13(6-8-20)18(12-23)25-19(26)11-16-9-14-3-1-2-4-15(14)10-17(16)24/h1-4,9-10,13,18H,5-8,11,24H2,(H,25,26)/t18-/m1/s1. The van der Waals surface area contributed by atoms with Crippen LogP contribution < -0.4 is 11.1 Å². The van der Waals surface area contributed by atoms with Gasteiger partial charge in [0.05, 0.1) is 12.5 Å². The predicted molar refractivity (Wildman–Crippen MR) is 96.5 cm³/mol.